The summed E-state index contributed by atoms with van der Waals surface area (Å²) in [5.74, 6) is 1.74. The molecule has 0 saturated heterocycles. The molecule has 3 rings (SSSR count). The lowest BCUT2D eigenvalue weighted by Gasteiger charge is -2.11. The first-order chi connectivity index (χ1) is 11.7. The van der Waals surface area contributed by atoms with E-state index in [4.69, 9.17) is 26.1 Å². The maximum Gasteiger partial charge on any atom is 0.147 e. The molecule has 0 aliphatic carbocycles. The molecule has 24 heavy (non-hydrogen) atoms. The maximum atomic E-state index is 6.15. The first-order valence-electron chi connectivity index (χ1n) is 8.00. The molecule has 1 heterocycles. The van der Waals surface area contributed by atoms with E-state index in [9.17, 15) is 0 Å². The van der Waals surface area contributed by atoms with Crippen LogP contribution in [0.25, 0.3) is 11.0 Å². The van der Waals surface area contributed by atoms with Crippen molar-refractivity contribution in [1.82, 2.24) is 9.55 Å². The van der Waals surface area contributed by atoms with Crippen molar-refractivity contribution in [3.8, 4) is 5.75 Å². The summed E-state index contributed by atoms with van der Waals surface area (Å²) in [6, 6.07) is 13.8. The summed E-state index contributed by atoms with van der Waals surface area (Å²) in [6.45, 7) is 3.99. The number of imidazole rings is 1. The summed E-state index contributed by atoms with van der Waals surface area (Å²) in [6.07, 6.45) is 0.909. The second kappa shape index (κ2) is 7.69. The normalized spacial score (nSPS) is 11.1. The standard InChI is InChI=1S/C19H21ClN2O2/c1-14-5-3-6-16(11-14)24-13-19-21-17-8-7-15(20)12-18(17)22(19)9-4-10-23-2/h3,5-8,11-12H,4,9-10,13H2,1-2H3. The van der Waals surface area contributed by atoms with E-state index >= 15 is 0 Å². The number of aromatic nitrogens is 2. The molecular weight excluding hydrogens is 324 g/mol. The van der Waals surface area contributed by atoms with Crippen LogP contribution in [0.5, 0.6) is 5.75 Å². The quantitative estimate of drug-likeness (QED) is 0.587. The molecule has 0 bridgehead atoms. The van der Waals surface area contributed by atoms with E-state index in [-0.39, 0.29) is 0 Å². The Hall–Kier alpha value is -2.04. The third-order valence-electron chi connectivity index (χ3n) is 3.88. The lowest BCUT2D eigenvalue weighted by atomic mass is 10.2. The molecule has 0 aliphatic rings. The molecule has 0 aliphatic heterocycles. The van der Waals surface area contributed by atoms with Crippen molar-refractivity contribution in [2.24, 2.45) is 0 Å². The van der Waals surface area contributed by atoms with Gasteiger partial charge >= 0.3 is 0 Å². The Morgan fingerprint density at radius 1 is 1.17 bits per heavy atom. The molecule has 0 saturated carbocycles. The van der Waals surface area contributed by atoms with Gasteiger partial charge in [0, 0.05) is 25.3 Å². The highest BCUT2D eigenvalue weighted by Gasteiger charge is 2.12. The fraction of sp³-hybridized carbons (Fsp3) is 0.316. The smallest absolute Gasteiger partial charge is 0.147 e. The molecule has 5 heteroatoms. The van der Waals surface area contributed by atoms with Gasteiger partial charge in [-0.25, -0.2) is 4.98 Å². The van der Waals surface area contributed by atoms with E-state index in [1.54, 1.807) is 7.11 Å². The minimum atomic E-state index is 0.419. The molecule has 3 aromatic rings. The average Bonchev–Trinajstić information content (AvgIpc) is 2.90. The number of nitrogens with zero attached hydrogens (tertiary/aromatic N) is 2. The molecule has 0 spiro atoms. The number of hydrogen-bond donors (Lipinski definition) is 0. The number of halogens is 1. The van der Waals surface area contributed by atoms with Crippen molar-refractivity contribution in [3.05, 3.63) is 58.9 Å². The predicted molar refractivity (Wildman–Crippen MR) is 96.7 cm³/mol. The van der Waals surface area contributed by atoms with Crippen molar-refractivity contribution >= 4 is 22.6 Å². The van der Waals surface area contributed by atoms with E-state index < -0.39 is 0 Å². The third-order valence-corrected chi connectivity index (χ3v) is 4.11. The zero-order valence-corrected chi connectivity index (χ0v) is 14.7. The second-order valence-electron chi connectivity index (χ2n) is 5.76. The molecule has 0 fully saturated rings. The Balaban J connectivity index is 1.86. The van der Waals surface area contributed by atoms with Crippen LogP contribution in [0.2, 0.25) is 5.02 Å². The summed E-state index contributed by atoms with van der Waals surface area (Å²) < 4.78 is 13.3. The van der Waals surface area contributed by atoms with Crippen LogP contribution < -0.4 is 4.74 Å². The van der Waals surface area contributed by atoms with E-state index in [0.717, 1.165) is 35.6 Å². The Bertz CT molecular complexity index is 829. The molecule has 1 aromatic heterocycles. The molecule has 2 aromatic carbocycles. The van der Waals surface area contributed by atoms with Crippen molar-refractivity contribution in [1.29, 1.82) is 0 Å². The van der Waals surface area contributed by atoms with Gasteiger partial charge in [0.25, 0.3) is 0 Å². The Morgan fingerprint density at radius 2 is 2.04 bits per heavy atom. The number of hydrogen-bond acceptors (Lipinski definition) is 3. The van der Waals surface area contributed by atoms with Crippen LogP contribution in [0.15, 0.2) is 42.5 Å². The summed E-state index contributed by atoms with van der Waals surface area (Å²) in [5, 5.41) is 0.710. The zero-order valence-electron chi connectivity index (χ0n) is 14.0. The van der Waals surface area contributed by atoms with Crippen LogP contribution in [-0.4, -0.2) is 23.3 Å². The number of benzene rings is 2. The molecule has 4 nitrogen and oxygen atoms in total. The molecule has 0 atom stereocenters. The van der Waals surface area contributed by atoms with E-state index in [2.05, 4.69) is 17.6 Å². The summed E-state index contributed by atoms with van der Waals surface area (Å²) in [7, 11) is 1.71. The number of ether oxygens (including phenoxy) is 2. The van der Waals surface area contributed by atoms with Gasteiger partial charge in [0.05, 0.1) is 11.0 Å². The first-order valence-corrected chi connectivity index (χ1v) is 8.38. The Kier molecular flexibility index (Phi) is 5.38. The van der Waals surface area contributed by atoms with E-state index in [1.807, 2.05) is 36.4 Å². The predicted octanol–water partition coefficient (Wildman–Crippen LogP) is 4.61. The van der Waals surface area contributed by atoms with E-state index in [1.165, 1.54) is 5.56 Å². The lowest BCUT2D eigenvalue weighted by Crippen LogP contribution is -2.09. The van der Waals surface area contributed by atoms with Crippen LogP contribution >= 0.6 is 11.6 Å². The molecule has 0 radical (unpaired) electrons. The fourth-order valence-corrected chi connectivity index (χ4v) is 2.89. The maximum absolute atomic E-state index is 6.15. The van der Waals surface area contributed by atoms with Gasteiger partial charge in [0.2, 0.25) is 0 Å². The van der Waals surface area contributed by atoms with Crippen molar-refractivity contribution < 1.29 is 9.47 Å². The van der Waals surface area contributed by atoms with Gasteiger partial charge in [-0.15, -0.1) is 0 Å². The van der Waals surface area contributed by atoms with Gasteiger partial charge in [-0.3, -0.25) is 0 Å². The Morgan fingerprint density at radius 3 is 2.83 bits per heavy atom. The highest BCUT2D eigenvalue weighted by molar-refractivity contribution is 6.31. The van der Waals surface area contributed by atoms with Crippen molar-refractivity contribution in [3.63, 3.8) is 0 Å². The van der Waals surface area contributed by atoms with Gasteiger partial charge < -0.3 is 14.0 Å². The summed E-state index contributed by atoms with van der Waals surface area (Å²) in [5.41, 5.74) is 3.13. The number of rotatable bonds is 7. The zero-order chi connectivity index (χ0) is 16.9. The van der Waals surface area contributed by atoms with Crippen molar-refractivity contribution in [2.75, 3.05) is 13.7 Å². The minimum absolute atomic E-state index is 0.419. The first kappa shape index (κ1) is 16.8. The van der Waals surface area contributed by atoms with Crippen LogP contribution in [0.4, 0.5) is 0 Å². The van der Waals surface area contributed by atoms with Gasteiger partial charge in [-0.1, -0.05) is 23.7 Å². The van der Waals surface area contributed by atoms with Gasteiger partial charge in [-0.05, 0) is 49.2 Å². The molecule has 0 unspecified atom stereocenters. The average molecular weight is 345 g/mol. The van der Waals surface area contributed by atoms with Gasteiger partial charge in [-0.2, -0.15) is 0 Å². The highest BCUT2D eigenvalue weighted by Crippen LogP contribution is 2.22. The van der Waals surface area contributed by atoms with Crippen LogP contribution in [-0.2, 0) is 17.9 Å². The van der Waals surface area contributed by atoms with Crippen molar-refractivity contribution in [2.45, 2.75) is 26.5 Å². The second-order valence-corrected chi connectivity index (χ2v) is 6.20. The Labute approximate surface area is 147 Å². The van der Waals surface area contributed by atoms with Crippen LogP contribution in [0, 0.1) is 6.92 Å². The largest absolute Gasteiger partial charge is 0.486 e. The monoisotopic (exact) mass is 344 g/mol. The number of fused-ring (bicyclic) bond motifs is 1. The topological polar surface area (TPSA) is 36.3 Å². The van der Waals surface area contributed by atoms with E-state index in [0.29, 0.717) is 18.2 Å². The summed E-state index contributed by atoms with van der Waals surface area (Å²) >= 11 is 6.15. The molecule has 0 N–H and O–H groups in total. The fourth-order valence-electron chi connectivity index (χ4n) is 2.73. The van der Waals surface area contributed by atoms with Crippen LogP contribution in [0.3, 0.4) is 0 Å². The third kappa shape index (κ3) is 3.89. The summed E-state index contributed by atoms with van der Waals surface area (Å²) in [4.78, 5) is 4.71. The number of aryl methyl sites for hydroxylation is 2. The molecular formula is C19H21ClN2O2. The minimum Gasteiger partial charge on any atom is -0.486 e. The SMILES string of the molecule is COCCCn1c(COc2cccc(C)c2)nc2ccc(Cl)cc21. The lowest BCUT2D eigenvalue weighted by molar-refractivity contribution is 0.189. The number of methoxy groups -OCH3 is 1. The molecule has 0 amide bonds. The van der Waals surface area contributed by atoms with Gasteiger partial charge in [0.1, 0.15) is 18.2 Å². The molecule has 126 valence electrons. The van der Waals surface area contributed by atoms with Crippen LogP contribution in [0.1, 0.15) is 17.8 Å². The van der Waals surface area contributed by atoms with Gasteiger partial charge in [0.15, 0.2) is 0 Å². The highest BCUT2D eigenvalue weighted by atomic mass is 35.5.